The van der Waals surface area contributed by atoms with E-state index in [0.717, 1.165) is 6.42 Å². The molecule has 0 aromatic heterocycles. The van der Waals surface area contributed by atoms with Crippen molar-refractivity contribution in [3.05, 3.63) is 0 Å². The van der Waals surface area contributed by atoms with Crippen LogP contribution in [0.5, 0.6) is 0 Å². The molecule has 1 amide bonds. The minimum absolute atomic E-state index is 0.0388. The zero-order valence-electron chi connectivity index (χ0n) is 10.9. The maximum Gasteiger partial charge on any atom is 0.237 e. The summed E-state index contributed by atoms with van der Waals surface area (Å²) in [4.78, 5) is 11.8. The van der Waals surface area contributed by atoms with Crippen LogP contribution in [0.25, 0.3) is 0 Å². The topological polar surface area (TPSA) is 55.1 Å². The Morgan fingerprint density at radius 1 is 1.33 bits per heavy atom. The number of rotatable bonds is 4. The Labute approximate surface area is 93.8 Å². The first-order chi connectivity index (χ1) is 6.70. The normalized spacial score (nSPS) is 16.3. The Morgan fingerprint density at radius 2 is 1.80 bits per heavy atom. The van der Waals surface area contributed by atoms with Gasteiger partial charge in [-0.05, 0) is 17.8 Å². The predicted octanol–water partition coefficient (Wildman–Crippen LogP) is 1.91. The van der Waals surface area contributed by atoms with Crippen molar-refractivity contribution in [2.24, 2.45) is 17.1 Å². The smallest absolute Gasteiger partial charge is 0.237 e. The zero-order valence-corrected chi connectivity index (χ0v) is 10.9. The van der Waals surface area contributed by atoms with E-state index in [0.29, 0.717) is 5.92 Å². The lowest BCUT2D eigenvalue weighted by molar-refractivity contribution is -0.125. The summed E-state index contributed by atoms with van der Waals surface area (Å²) in [5, 5.41) is 3.01. The van der Waals surface area contributed by atoms with Crippen molar-refractivity contribution >= 4 is 5.91 Å². The molecule has 0 aromatic carbocycles. The van der Waals surface area contributed by atoms with Gasteiger partial charge in [0.05, 0.1) is 6.04 Å². The number of nitrogens with one attached hydrogen (secondary N) is 1. The monoisotopic (exact) mass is 214 g/mol. The van der Waals surface area contributed by atoms with Crippen molar-refractivity contribution < 1.29 is 4.79 Å². The van der Waals surface area contributed by atoms with Crippen LogP contribution in [0, 0.1) is 11.3 Å². The molecule has 90 valence electrons. The van der Waals surface area contributed by atoms with E-state index >= 15 is 0 Å². The minimum atomic E-state index is -0.440. The number of carbonyl (C=O) groups excluding carboxylic acids is 1. The maximum atomic E-state index is 11.8. The van der Waals surface area contributed by atoms with Gasteiger partial charge in [-0.1, -0.05) is 41.5 Å². The summed E-state index contributed by atoms with van der Waals surface area (Å²) in [7, 11) is 0. The van der Waals surface area contributed by atoms with E-state index in [9.17, 15) is 4.79 Å². The molecule has 1 unspecified atom stereocenters. The van der Waals surface area contributed by atoms with Crippen molar-refractivity contribution in [3.63, 3.8) is 0 Å². The molecule has 3 N–H and O–H groups in total. The van der Waals surface area contributed by atoms with Crippen molar-refractivity contribution in [1.82, 2.24) is 5.32 Å². The molecule has 0 radical (unpaired) electrons. The van der Waals surface area contributed by atoms with Gasteiger partial charge in [-0.15, -0.1) is 0 Å². The van der Waals surface area contributed by atoms with E-state index in [2.05, 4.69) is 26.1 Å². The van der Waals surface area contributed by atoms with Gasteiger partial charge in [0.2, 0.25) is 5.91 Å². The average molecular weight is 214 g/mol. The fourth-order valence-corrected chi connectivity index (χ4v) is 1.41. The van der Waals surface area contributed by atoms with Crippen LogP contribution in [0.15, 0.2) is 0 Å². The average Bonchev–Trinajstić information content (AvgIpc) is 2.10. The van der Waals surface area contributed by atoms with E-state index in [-0.39, 0.29) is 17.4 Å². The first-order valence-electron chi connectivity index (χ1n) is 5.76. The van der Waals surface area contributed by atoms with Crippen LogP contribution < -0.4 is 11.1 Å². The fraction of sp³-hybridized carbons (Fsp3) is 0.917. The van der Waals surface area contributed by atoms with E-state index in [4.69, 9.17) is 5.73 Å². The number of nitrogens with two attached hydrogens (primary N) is 1. The Bertz CT molecular complexity index is 206. The molecular formula is C12H26N2O. The van der Waals surface area contributed by atoms with Gasteiger partial charge in [-0.3, -0.25) is 4.79 Å². The molecule has 2 atom stereocenters. The summed E-state index contributed by atoms with van der Waals surface area (Å²) in [5.74, 6) is 0.411. The SMILES string of the molecule is CCC(NC(=O)[C@H](N)C(C)(C)C)C(C)C. The van der Waals surface area contributed by atoms with Gasteiger partial charge in [-0.25, -0.2) is 0 Å². The van der Waals surface area contributed by atoms with E-state index in [1.807, 2.05) is 20.8 Å². The number of hydrogen-bond donors (Lipinski definition) is 2. The van der Waals surface area contributed by atoms with E-state index in [1.165, 1.54) is 0 Å². The summed E-state index contributed by atoms with van der Waals surface area (Å²) < 4.78 is 0. The Morgan fingerprint density at radius 3 is 2.07 bits per heavy atom. The molecule has 0 aliphatic heterocycles. The highest BCUT2D eigenvalue weighted by Gasteiger charge is 2.28. The van der Waals surface area contributed by atoms with Crippen LogP contribution in [0.4, 0.5) is 0 Å². The summed E-state index contributed by atoms with van der Waals surface area (Å²) in [6, 6.07) is -0.212. The lowest BCUT2D eigenvalue weighted by atomic mass is 9.86. The number of amides is 1. The first kappa shape index (κ1) is 14.4. The van der Waals surface area contributed by atoms with Gasteiger partial charge in [-0.2, -0.15) is 0 Å². The molecule has 0 aliphatic carbocycles. The first-order valence-corrected chi connectivity index (χ1v) is 5.76. The van der Waals surface area contributed by atoms with Crippen molar-refractivity contribution in [2.75, 3.05) is 0 Å². The Balaban J connectivity index is 4.36. The zero-order chi connectivity index (χ0) is 12.2. The number of hydrogen-bond acceptors (Lipinski definition) is 2. The molecule has 0 fully saturated rings. The Kier molecular flexibility index (Phi) is 5.29. The fourth-order valence-electron chi connectivity index (χ4n) is 1.41. The van der Waals surface area contributed by atoms with Gasteiger partial charge < -0.3 is 11.1 Å². The van der Waals surface area contributed by atoms with Gasteiger partial charge in [0.1, 0.15) is 0 Å². The summed E-state index contributed by atoms with van der Waals surface area (Å²) in [6.07, 6.45) is 0.945. The second kappa shape index (κ2) is 5.50. The van der Waals surface area contributed by atoms with Crippen molar-refractivity contribution in [1.29, 1.82) is 0 Å². The summed E-state index contributed by atoms with van der Waals surface area (Å²) >= 11 is 0. The molecule has 0 rings (SSSR count). The third-order valence-corrected chi connectivity index (χ3v) is 2.79. The molecule has 0 heterocycles. The second-order valence-electron chi connectivity index (χ2n) is 5.61. The molecule has 0 saturated carbocycles. The molecule has 0 spiro atoms. The molecule has 0 saturated heterocycles. The molecule has 3 heteroatoms. The Hall–Kier alpha value is -0.570. The highest BCUT2D eigenvalue weighted by Crippen LogP contribution is 2.18. The third-order valence-electron chi connectivity index (χ3n) is 2.79. The lowest BCUT2D eigenvalue weighted by Gasteiger charge is -2.29. The molecule has 0 aromatic rings. The van der Waals surface area contributed by atoms with E-state index < -0.39 is 6.04 Å². The molecular weight excluding hydrogens is 188 g/mol. The van der Waals surface area contributed by atoms with Crippen LogP contribution in [0.2, 0.25) is 0 Å². The van der Waals surface area contributed by atoms with Gasteiger partial charge in [0.25, 0.3) is 0 Å². The highest BCUT2D eigenvalue weighted by atomic mass is 16.2. The van der Waals surface area contributed by atoms with E-state index in [1.54, 1.807) is 0 Å². The van der Waals surface area contributed by atoms with Crippen molar-refractivity contribution in [2.45, 2.75) is 60.0 Å². The summed E-state index contributed by atoms with van der Waals surface area (Å²) in [6.45, 7) is 12.2. The lowest BCUT2D eigenvalue weighted by Crippen LogP contribution is -2.52. The van der Waals surface area contributed by atoms with Gasteiger partial charge >= 0.3 is 0 Å². The molecule has 3 nitrogen and oxygen atoms in total. The van der Waals surface area contributed by atoms with Crippen LogP contribution in [-0.2, 0) is 4.79 Å². The minimum Gasteiger partial charge on any atom is -0.352 e. The summed E-state index contributed by atoms with van der Waals surface area (Å²) in [5.41, 5.74) is 5.70. The number of carbonyl (C=O) groups is 1. The standard InChI is InChI=1S/C12H26N2O/c1-7-9(8(2)3)14-11(15)10(13)12(4,5)6/h8-10H,7,13H2,1-6H3,(H,14,15)/t9?,10-/m0/s1. The highest BCUT2D eigenvalue weighted by molar-refractivity contribution is 5.82. The van der Waals surface area contributed by atoms with Crippen LogP contribution >= 0.6 is 0 Å². The van der Waals surface area contributed by atoms with Crippen LogP contribution in [-0.4, -0.2) is 18.0 Å². The van der Waals surface area contributed by atoms with Crippen molar-refractivity contribution in [3.8, 4) is 0 Å². The van der Waals surface area contributed by atoms with Crippen LogP contribution in [0.3, 0.4) is 0 Å². The predicted molar refractivity (Wildman–Crippen MR) is 64.5 cm³/mol. The molecule has 15 heavy (non-hydrogen) atoms. The maximum absolute atomic E-state index is 11.8. The van der Waals surface area contributed by atoms with Crippen LogP contribution in [0.1, 0.15) is 48.0 Å². The second-order valence-corrected chi connectivity index (χ2v) is 5.61. The molecule has 0 bridgehead atoms. The van der Waals surface area contributed by atoms with Gasteiger partial charge in [0.15, 0.2) is 0 Å². The third kappa shape index (κ3) is 4.65. The molecule has 0 aliphatic rings. The van der Waals surface area contributed by atoms with Gasteiger partial charge in [0, 0.05) is 6.04 Å². The quantitative estimate of drug-likeness (QED) is 0.751. The largest absolute Gasteiger partial charge is 0.352 e.